The molecule has 7 heteroatoms. The normalized spacial score (nSPS) is 10.2. The number of carbonyl (C=O) groups excluding carboxylic acids is 3. The molecule has 0 heterocycles. The largest absolute Gasteiger partial charge is 0.465 e. The molecule has 0 aromatic heterocycles. The number of benzene rings is 2. The van der Waals surface area contributed by atoms with E-state index in [9.17, 15) is 14.4 Å². The van der Waals surface area contributed by atoms with Gasteiger partial charge in [-0.25, -0.2) is 4.79 Å². The third-order valence-corrected chi connectivity index (χ3v) is 4.15. The van der Waals surface area contributed by atoms with Crippen molar-refractivity contribution in [3.8, 4) is 0 Å². The van der Waals surface area contributed by atoms with Crippen molar-refractivity contribution in [3.05, 3.63) is 58.6 Å². The van der Waals surface area contributed by atoms with Gasteiger partial charge in [0.15, 0.2) is 0 Å². The number of hydrogen-bond acceptors (Lipinski definition) is 4. The second-order valence-corrected chi connectivity index (χ2v) is 6.06. The molecule has 0 radical (unpaired) electrons. The molecule has 0 atom stereocenters. The van der Waals surface area contributed by atoms with E-state index in [1.54, 1.807) is 42.5 Å². The van der Waals surface area contributed by atoms with Gasteiger partial charge in [-0.1, -0.05) is 17.7 Å². The molecule has 136 valence electrons. The van der Waals surface area contributed by atoms with Crippen LogP contribution in [0.15, 0.2) is 42.5 Å². The molecule has 0 aliphatic rings. The Labute approximate surface area is 156 Å². The minimum atomic E-state index is -0.457. The van der Waals surface area contributed by atoms with Crippen LogP contribution >= 0.6 is 11.6 Å². The van der Waals surface area contributed by atoms with Crippen LogP contribution in [0.25, 0.3) is 0 Å². The molecule has 0 fully saturated rings. The van der Waals surface area contributed by atoms with Crippen LogP contribution in [-0.2, 0) is 14.3 Å². The van der Waals surface area contributed by atoms with Gasteiger partial charge in [0.05, 0.1) is 12.7 Å². The molecule has 0 spiro atoms. The molecule has 0 aliphatic carbocycles. The Balaban J connectivity index is 2.09. The van der Waals surface area contributed by atoms with Gasteiger partial charge >= 0.3 is 5.97 Å². The number of rotatable bonds is 5. The predicted molar refractivity (Wildman–Crippen MR) is 101 cm³/mol. The number of amides is 2. The molecule has 0 saturated heterocycles. The van der Waals surface area contributed by atoms with Crippen LogP contribution in [0.1, 0.15) is 22.8 Å². The van der Waals surface area contributed by atoms with E-state index in [1.165, 1.54) is 18.9 Å². The number of hydrogen-bond donors (Lipinski definition) is 1. The third-order valence-electron chi connectivity index (χ3n) is 3.74. The summed E-state index contributed by atoms with van der Waals surface area (Å²) in [4.78, 5) is 37.0. The molecular weight excluding hydrogens is 356 g/mol. The van der Waals surface area contributed by atoms with Gasteiger partial charge in [0.2, 0.25) is 11.8 Å². The van der Waals surface area contributed by atoms with Crippen molar-refractivity contribution in [2.24, 2.45) is 0 Å². The Bertz CT molecular complexity index is 834. The maximum absolute atomic E-state index is 12.3. The quantitative estimate of drug-likeness (QED) is 0.813. The van der Waals surface area contributed by atoms with E-state index in [4.69, 9.17) is 11.6 Å². The van der Waals surface area contributed by atoms with Gasteiger partial charge in [0.25, 0.3) is 0 Å². The number of ether oxygens (including phenoxy) is 1. The van der Waals surface area contributed by atoms with Crippen LogP contribution in [0, 0.1) is 6.92 Å². The van der Waals surface area contributed by atoms with E-state index in [-0.39, 0.29) is 18.4 Å². The highest BCUT2D eigenvalue weighted by molar-refractivity contribution is 6.31. The number of halogens is 1. The lowest BCUT2D eigenvalue weighted by molar-refractivity contribution is -0.120. The number of aryl methyl sites for hydroxylation is 1. The average Bonchev–Trinajstić information content (AvgIpc) is 2.62. The Hall–Kier alpha value is -2.86. The molecule has 0 bridgehead atoms. The van der Waals surface area contributed by atoms with Gasteiger partial charge in [-0.15, -0.1) is 0 Å². The number of nitrogens with zero attached hydrogens (tertiary/aromatic N) is 1. The van der Waals surface area contributed by atoms with Crippen molar-refractivity contribution < 1.29 is 19.1 Å². The van der Waals surface area contributed by atoms with Crippen molar-refractivity contribution in [3.63, 3.8) is 0 Å². The van der Waals surface area contributed by atoms with Crippen molar-refractivity contribution >= 4 is 40.8 Å². The number of anilines is 2. The van der Waals surface area contributed by atoms with Gasteiger partial charge in [-0.2, -0.15) is 0 Å². The zero-order chi connectivity index (χ0) is 19.3. The average molecular weight is 375 g/mol. The molecule has 2 aromatic rings. The maximum Gasteiger partial charge on any atom is 0.337 e. The summed E-state index contributed by atoms with van der Waals surface area (Å²) in [5.41, 5.74) is 2.32. The fourth-order valence-corrected chi connectivity index (χ4v) is 2.46. The Morgan fingerprint density at radius 3 is 2.31 bits per heavy atom. The Morgan fingerprint density at radius 1 is 1.12 bits per heavy atom. The van der Waals surface area contributed by atoms with Crippen LogP contribution < -0.4 is 10.2 Å². The fourth-order valence-electron chi connectivity index (χ4n) is 2.29. The van der Waals surface area contributed by atoms with Crippen LogP contribution in [0.4, 0.5) is 11.4 Å². The SMILES string of the molecule is COC(=O)c1ccc(NC(=O)CN(C(C)=O)c2ccc(C)c(Cl)c2)cc1. The molecular formula is C19H19ClN2O4. The zero-order valence-corrected chi connectivity index (χ0v) is 15.5. The van der Waals surface area contributed by atoms with Crippen LogP contribution in [0.2, 0.25) is 5.02 Å². The highest BCUT2D eigenvalue weighted by Gasteiger charge is 2.17. The van der Waals surface area contributed by atoms with E-state index in [2.05, 4.69) is 10.1 Å². The number of nitrogens with one attached hydrogen (secondary N) is 1. The fraction of sp³-hybridized carbons (Fsp3) is 0.211. The second-order valence-electron chi connectivity index (χ2n) is 5.66. The Morgan fingerprint density at radius 2 is 1.77 bits per heavy atom. The van der Waals surface area contributed by atoms with Crippen molar-refractivity contribution in [2.75, 3.05) is 23.9 Å². The third kappa shape index (κ3) is 4.83. The van der Waals surface area contributed by atoms with Gasteiger partial charge in [-0.05, 0) is 48.9 Å². The van der Waals surface area contributed by atoms with E-state index in [0.29, 0.717) is 22.0 Å². The summed E-state index contributed by atoms with van der Waals surface area (Å²) < 4.78 is 4.62. The summed E-state index contributed by atoms with van der Waals surface area (Å²) in [6, 6.07) is 11.4. The molecule has 0 saturated carbocycles. The molecule has 0 aliphatic heterocycles. The second kappa shape index (κ2) is 8.49. The summed E-state index contributed by atoms with van der Waals surface area (Å²) in [5.74, 6) is -1.11. The zero-order valence-electron chi connectivity index (χ0n) is 14.7. The van der Waals surface area contributed by atoms with Gasteiger partial charge in [-0.3, -0.25) is 9.59 Å². The molecule has 6 nitrogen and oxygen atoms in total. The summed E-state index contributed by atoms with van der Waals surface area (Å²) in [6.45, 7) is 3.08. The number of carbonyl (C=O) groups is 3. The van der Waals surface area contributed by atoms with E-state index >= 15 is 0 Å². The summed E-state index contributed by atoms with van der Waals surface area (Å²) in [7, 11) is 1.30. The van der Waals surface area contributed by atoms with Crippen molar-refractivity contribution in [1.29, 1.82) is 0 Å². The standard InChI is InChI=1S/C19H19ClN2O4/c1-12-4-9-16(10-17(12)20)22(13(2)23)11-18(24)21-15-7-5-14(6-8-15)19(25)26-3/h4-10H,11H2,1-3H3,(H,21,24). The molecule has 2 aromatic carbocycles. The van der Waals surface area contributed by atoms with Crippen LogP contribution in [0.5, 0.6) is 0 Å². The molecule has 2 rings (SSSR count). The first-order chi connectivity index (χ1) is 12.3. The number of esters is 1. The monoisotopic (exact) mass is 374 g/mol. The summed E-state index contributed by atoms with van der Waals surface area (Å²) in [6.07, 6.45) is 0. The number of methoxy groups -OCH3 is 1. The van der Waals surface area contributed by atoms with E-state index in [0.717, 1.165) is 5.56 Å². The minimum Gasteiger partial charge on any atom is -0.465 e. The topological polar surface area (TPSA) is 75.7 Å². The molecule has 1 N–H and O–H groups in total. The van der Waals surface area contributed by atoms with Gasteiger partial charge < -0.3 is 15.0 Å². The molecule has 2 amide bonds. The first kappa shape index (κ1) is 19.5. The first-order valence-corrected chi connectivity index (χ1v) is 8.22. The first-order valence-electron chi connectivity index (χ1n) is 7.84. The highest BCUT2D eigenvalue weighted by Crippen LogP contribution is 2.23. The lowest BCUT2D eigenvalue weighted by Gasteiger charge is -2.21. The summed E-state index contributed by atoms with van der Waals surface area (Å²) >= 11 is 6.10. The van der Waals surface area contributed by atoms with E-state index < -0.39 is 5.97 Å². The lowest BCUT2D eigenvalue weighted by atomic mass is 10.2. The molecule has 26 heavy (non-hydrogen) atoms. The van der Waals surface area contributed by atoms with Crippen molar-refractivity contribution in [2.45, 2.75) is 13.8 Å². The smallest absolute Gasteiger partial charge is 0.337 e. The van der Waals surface area contributed by atoms with Crippen LogP contribution in [-0.4, -0.2) is 31.4 Å². The summed E-state index contributed by atoms with van der Waals surface area (Å²) in [5, 5.41) is 3.21. The Kier molecular flexibility index (Phi) is 6.36. The highest BCUT2D eigenvalue weighted by atomic mass is 35.5. The van der Waals surface area contributed by atoms with Crippen molar-refractivity contribution in [1.82, 2.24) is 0 Å². The lowest BCUT2D eigenvalue weighted by Crippen LogP contribution is -2.36. The van der Waals surface area contributed by atoms with Gasteiger partial charge in [0, 0.05) is 23.3 Å². The maximum atomic E-state index is 12.3. The minimum absolute atomic E-state index is 0.159. The molecule has 0 unspecified atom stereocenters. The predicted octanol–water partition coefficient (Wildman–Crippen LogP) is 3.43. The van der Waals surface area contributed by atoms with Crippen LogP contribution in [0.3, 0.4) is 0 Å². The van der Waals surface area contributed by atoms with E-state index in [1.807, 2.05) is 6.92 Å². The van der Waals surface area contributed by atoms with Gasteiger partial charge in [0.1, 0.15) is 6.54 Å².